The summed E-state index contributed by atoms with van der Waals surface area (Å²) in [4.78, 5) is 53.0. The van der Waals surface area contributed by atoms with Gasteiger partial charge in [0, 0.05) is 13.0 Å². The number of benzene rings is 3. The zero-order chi connectivity index (χ0) is 33.0. The van der Waals surface area contributed by atoms with Crippen LogP contribution >= 0.6 is 0 Å². The fourth-order valence-corrected chi connectivity index (χ4v) is 4.14. The summed E-state index contributed by atoms with van der Waals surface area (Å²) in [6, 6.07) is 27.4. The largest absolute Gasteiger partial charge is 0.478 e. The second-order valence-electron chi connectivity index (χ2n) is 10.2. The molecule has 3 aromatic carbocycles. The number of nitrogens with zero attached hydrogens (tertiary/aromatic N) is 1. The second-order valence-corrected chi connectivity index (χ2v) is 10.2. The number of unbranched alkanes of at least 4 members (excludes halogenated alkanes) is 3. The van der Waals surface area contributed by atoms with Gasteiger partial charge in [-0.3, -0.25) is 20.4 Å². The summed E-state index contributed by atoms with van der Waals surface area (Å²) in [5.41, 5.74) is 2.40. The number of aliphatic carboxylic acids is 1. The van der Waals surface area contributed by atoms with Gasteiger partial charge in [-0.2, -0.15) is 0 Å². The molecule has 0 aliphatic carbocycles. The van der Waals surface area contributed by atoms with Crippen LogP contribution in [0.15, 0.2) is 96.0 Å². The molecule has 1 unspecified atom stereocenters. The maximum Gasteiger partial charge on any atom is 0.414 e. The molecule has 12 heteroatoms. The molecular weight excluding hydrogens is 592 g/mol. The minimum Gasteiger partial charge on any atom is -0.478 e. The van der Waals surface area contributed by atoms with E-state index in [1.165, 1.54) is 0 Å². The van der Waals surface area contributed by atoms with Crippen LogP contribution in [-0.2, 0) is 37.0 Å². The predicted octanol–water partition coefficient (Wildman–Crippen LogP) is 5.45. The van der Waals surface area contributed by atoms with Crippen LogP contribution in [0, 0.1) is 0 Å². The van der Waals surface area contributed by atoms with Crippen molar-refractivity contribution in [2.75, 3.05) is 6.54 Å². The number of alkyl carbamates (subject to hydrolysis) is 2. The van der Waals surface area contributed by atoms with E-state index in [1.807, 2.05) is 91.0 Å². The first-order valence-corrected chi connectivity index (χ1v) is 15.0. The lowest BCUT2D eigenvalue weighted by Gasteiger charge is -2.20. The van der Waals surface area contributed by atoms with Crippen molar-refractivity contribution in [2.45, 2.75) is 64.6 Å². The zero-order valence-corrected chi connectivity index (χ0v) is 25.7. The number of aliphatic imine (C=N–C) groups is 1. The third-order valence-corrected chi connectivity index (χ3v) is 6.57. The van der Waals surface area contributed by atoms with Gasteiger partial charge in [0.1, 0.15) is 13.2 Å². The molecule has 0 spiro atoms. The van der Waals surface area contributed by atoms with Crippen LogP contribution < -0.4 is 16.0 Å². The molecule has 0 saturated carbocycles. The van der Waals surface area contributed by atoms with E-state index >= 15 is 0 Å². The molecule has 3 rings (SSSR count). The molecule has 0 bridgehead atoms. The molecule has 0 aliphatic rings. The fourth-order valence-electron chi connectivity index (χ4n) is 4.14. The first kappa shape index (κ1) is 35.3. The Balaban J connectivity index is 1.41. The van der Waals surface area contributed by atoms with Crippen LogP contribution in [0.2, 0.25) is 0 Å². The predicted molar refractivity (Wildman–Crippen MR) is 170 cm³/mol. The molecule has 244 valence electrons. The normalized spacial score (nSPS) is 11.8. The van der Waals surface area contributed by atoms with E-state index in [2.05, 4.69) is 20.9 Å². The number of carbonyl (C=O) groups excluding carboxylic acids is 3. The monoisotopic (exact) mass is 632 g/mol. The van der Waals surface area contributed by atoms with Crippen LogP contribution in [0.3, 0.4) is 0 Å². The van der Waals surface area contributed by atoms with E-state index in [0.29, 0.717) is 25.7 Å². The van der Waals surface area contributed by atoms with Crippen molar-refractivity contribution >= 4 is 30.0 Å². The Morgan fingerprint density at radius 3 is 1.74 bits per heavy atom. The number of ether oxygens (including phenoxy) is 3. The fraction of sp³-hybridized carbons (Fsp3) is 0.324. The Morgan fingerprint density at radius 2 is 1.22 bits per heavy atom. The summed E-state index contributed by atoms with van der Waals surface area (Å²) >= 11 is 0. The van der Waals surface area contributed by atoms with Gasteiger partial charge in [-0.25, -0.2) is 14.4 Å². The molecule has 2 atom stereocenters. The highest BCUT2D eigenvalue weighted by Crippen LogP contribution is 2.17. The Morgan fingerprint density at radius 1 is 0.717 bits per heavy atom. The van der Waals surface area contributed by atoms with E-state index in [4.69, 9.17) is 14.2 Å². The van der Waals surface area contributed by atoms with Crippen LogP contribution in [0.4, 0.5) is 9.59 Å². The number of carboxylic acids is 1. The number of hydrogen-bond donors (Lipinski definition) is 4. The third kappa shape index (κ3) is 14.0. The lowest BCUT2D eigenvalue weighted by molar-refractivity contribution is -0.160. The topological polar surface area (TPSA) is 165 Å². The number of nitrogens with one attached hydrogen (secondary N) is 3. The van der Waals surface area contributed by atoms with E-state index in [1.54, 1.807) is 6.92 Å². The van der Waals surface area contributed by atoms with Crippen molar-refractivity contribution in [3.05, 3.63) is 108 Å². The van der Waals surface area contributed by atoms with E-state index in [-0.39, 0.29) is 32.1 Å². The molecule has 0 radical (unpaired) electrons. The first-order valence-electron chi connectivity index (χ1n) is 15.0. The molecule has 0 heterocycles. The third-order valence-electron chi connectivity index (χ3n) is 6.57. The van der Waals surface area contributed by atoms with Crippen LogP contribution in [0.5, 0.6) is 0 Å². The van der Waals surface area contributed by atoms with Crippen molar-refractivity contribution < 1.29 is 38.5 Å². The van der Waals surface area contributed by atoms with E-state index in [9.17, 15) is 24.3 Å². The highest BCUT2D eigenvalue weighted by molar-refractivity contribution is 6.01. The highest BCUT2D eigenvalue weighted by atomic mass is 16.6. The van der Waals surface area contributed by atoms with Gasteiger partial charge in [0.05, 0.1) is 6.10 Å². The van der Waals surface area contributed by atoms with Crippen LogP contribution in [0.1, 0.15) is 61.8 Å². The molecule has 3 amide bonds. The molecule has 3 aromatic rings. The average Bonchev–Trinajstić information content (AvgIpc) is 3.06. The molecule has 0 aliphatic heterocycles. The summed E-state index contributed by atoms with van der Waals surface area (Å²) < 4.78 is 16.0. The minimum atomic E-state index is -1.46. The standard InChI is InChI=1S/C34H40N4O8/c1-25(28-19-11-6-12-20-28)46-30(31(40)41)36-29(39)21-13-2-3-14-22-35-32(37-33(42)44-23-26-15-7-4-8-16-26)38-34(43)45-24-27-17-9-5-10-18-27/h4-12,15-20,25,30H,2-3,13-14,21-24H2,1H3,(H,36,39)(H,40,41)(H2,35,37,38,42,43)/t25-,30?/m1/s1. The summed E-state index contributed by atoms with van der Waals surface area (Å²) in [5, 5.41) is 16.8. The van der Waals surface area contributed by atoms with Crippen molar-refractivity contribution in [3.8, 4) is 0 Å². The highest BCUT2D eigenvalue weighted by Gasteiger charge is 2.23. The SMILES string of the molecule is C[C@@H](OC(NC(=O)CCCCCCN=C(NC(=O)OCc1ccccc1)NC(=O)OCc1ccccc1)C(=O)O)c1ccccc1. The molecule has 0 fully saturated rings. The van der Waals surface area contributed by atoms with E-state index < -0.39 is 36.4 Å². The number of hydrogen-bond acceptors (Lipinski definition) is 8. The first-order chi connectivity index (χ1) is 22.3. The van der Waals surface area contributed by atoms with Crippen molar-refractivity contribution in [2.24, 2.45) is 4.99 Å². The maximum atomic E-state index is 12.4. The van der Waals surface area contributed by atoms with Crippen molar-refractivity contribution in [1.29, 1.82) is 0 Å². The van der Waals surface area contributed by atoms with Gasteiger partial charge in [0.2, 0.25) is 18.1 Å². The van der Waals surface area contributed by atoms with Gasteiger partial charge in [0.15, 0.2) is 0 Å². The van der Waals surface area contributed by atoms with Crippen molar-refractivity contribution in [3.63, 3.8) is 0 Å². The second kappa shape index (κ2) is 19.9. The Kier molecular flexibility index (Phi) is 15.3. The number of carbonyl (C=O) groups is 4. The lowest BCUT2D eigenvalue weighted by atomic mass is 10.1. The van der Waals surface area contributed by atoms with E-state index in [0.717, 1.165) is 16.7 Å². The smallest absolute Gasteiger partial charge is 0.414 e. The Bertz CT molecular complexity index is 1340. The van der Waals surface area contributed by atoms with Gasteiger partial charge >= 0.3 is 18.2 Å². The number of rotatable bonds is 16. The lowest BCUT2D eigenvalue weighted by Crippen LogP contribution is -2.44. The number of guanidine groups is 1. The minimum absolute atomic E-state index is 0.0391. The van der Waals surface area contributed by atoms with Gasteiger partial charge in [-0.15, -0.1) is 0 Å². The van der Waals surface area contributed by atoms with Gasteiger partial charge in [-0.1, -0.05) is 104 Å². The molecule has 4 N–H and O–H groups in total. The maximum absolute atomic E-state index is 12.4. The molecule has 0 saturated heterocycles. The number of carboxylic acid groups (broad SMARTS) is 1. The van der Waals surface area contributed by atoms with Crippen LogP contribution in [0.25, 0.3) is 0 Å². The Labute approximate surface area is 268 Å². The average molecular weight is 633 g/mol. The van der Waals surface area contributed by atoms with Gasteiger partial charge in [-0.05, 0) is 36.5 Å². The molecule has 46 heavy (non-hydrogen) atoms. The summed E-state index contributed by atoms with van der Waals surface area (Å²) in [6.45, 7) is 2.07. The Hall–Kier alpha value is -5.23. The molecule has 12 nitrogen and oxygen atoms in total. The summed E-state index contributed by atoms with van der Waals surface area (Å²) in [7, 11) is 0. The number of amides is 3. The molecule has 0 aromatic heterocycles. The summed E-state index contributed by atoms with van der Waals surface area (Å²) in [5.74, 6) is -1.82. The van der Waals surface area contributed by atoms with Crippen molar-refractivity contribution in [1.82, 2.24) is 16.0 Å². The van der Waals surface area contributed by atoms with Gasteiger partial charge in [0.25, 0.3) is 0 Å². The summed E-state index contributed by atoms with van der Waals surface area (Å²) in [6.07, 6.45) is -0.939. The van der Waals surface area contributed by atoms with Gasteiger partial charge < -0.3 is 24.6 Å². The quantitative estimate of drug-likeness (QED) is 0.0701. The van der Waals surface area contributed by atoms with Crippen LogP contribution in [-0.4, -0.2) is 47.9 Å². The zero-order valence-electron chi connectivity index (χ0n) is 25.7. The molecular formula is C34H40N4O8.